The number of aromatic amines is 1. The van der Waals surface area contributed by atoms with Gasteiger partial charge in [0.15, 0.2) is 5.82 Å². The van der Waals surface area contributed by atoms with Gasteiger partial charge in [-0.15, -0.1) is 0 Å². The van der Waals surface area contributed by atoms with E-state index in [1.54, 1.807) is 25.0 Å². The standard InChI is InChI=1S/C18H18N6O3/c1-19-18(26)16-15-12(9-14(25)21-17(15)23-22-16)11-8-10(27-2)4-5-13(11)24-7-3-6-20-24/h3-8,12H,9H2,1-2H3,(H,19,26)(H2,21,22,23,25)/t12-/m1/s1. The normalized spacial score (nSPS) is 15.8. The fourth-order valence-electron chi connectivity index (χ4n) is 3.38. The highest BCUT2D eigenvalue weighted by Crippen LogP contribution is 2.41. The fraction of sp³-hybridized carbons (Fsp3) is 0.222. The summed E-state index contributed by atoms with van der Waals surface area (Å²) in [6.07, 6.45) is 3.68. The molecule has 1 aromatic carbocycles. The number of carbonyl (C=O) groups excluding carboxylic acids is 2. The summed E-state index contributed by atoms with van der Waals surface area (Å²) in [5.74, 6) is 0.168. The molecule has 1 aliphatic rings. The maximum Gasteiger partial charge on any atom is 0.269 e. The van der Waals surface area contributed by atoms with E-state index in [9.17, 15) is 9.59 Å². The topological polar surface area (TPSA) is 114 Å². The van der Waals surface area contributed by atoms with Crippen LogP contribution in [-0.4, -0.2) is 45.9 Å². The maximum absolute atomic E-state index is 12.3. The van der Waals surface area contributed by atoms with Crippen LogP contribution in [0.1, 0.15) is 34.0 Å². The third kappa shape index (κ3) is 2.82. The second kappa shape index (κ2) is 6.60. The minimum absolute atomic E-state index is 0.170. The van der Waals surface area contributed by atoms with Crippen molar-refractivity contribution < 1.29 is 14.3 Å². The SMILES string of the molecule is CNC(=O)c1[nH]nc2c1[C@@H](c1cc(OC)ccc1-n1cccn1)CC(=O)N2. The maximum atomic E-state index is 12.3. The van der Waals surface area contributed by atoms with Gasteiger partial charge in [0.05, 0.1) is 12.8 Å². The van der Waals surface area contributed by atoms with E-state index in [2.05, 4.69) is 25.9 Å². The molecule has 0 bridgehead atoms. The molecule has 2 aromatic heterocycles. The average molecular weight is 366 g/mol. The zero-order chi connectivity index (χ0) is 19.0. The summed E-state index contributed by atoms with van der Waals surface area (Å²) in [6.45, 7) is 0. The molecule has 3 N–H and O–H groups in total. The van der Waals surface area contributed by atoms with Crippen LogP contribution in [0.2, 0.25) is 0 Å². The number of aromatic nitrogens is 4. The van der Waals surface area contributed by atoms with Gasteiger partial charge < -0.3 is 15.4 Å². The Hall–Kier alpha value is -3.62. The summed E-state index contributed by atoms with van der Waals surface area (Å²) in [5, 5.41) is 16.5. The van der Waals surface area contributed by atoms with Crippen LogP contribution in [0.25, 0.3) is 5.69 Å². The van der Waals surface area contributed by atoms with E-state index < -0.39 is 0 Å². The van der Waals surface area contributed by atoms with Crippen LogP contribution < -0.4 is 15.4 Å². The van der Waals surface area contributed by atoms with Crippen molar-refractivity contribution in [2.45, 2.75) is 12.3 Å². The van der Waals surface area contributed by atoms with Gasteiger partial charge >= 0.3 is 0 Å². The Bertz CT molecular complexity index is 1010. The van der Waals surface area contributed by atoms with Crippen molar-refractivity contribution in [3.8, 4) is 11.4 Å². The molecule has 0 radical (unpaired) electrons. The van der Waals surface area contributed by atoms with Gasteiger partial charge in [0.25, 0.3) is 5.91 Å². The molecule has 27 heavy (non-hydrogen) atoms. The number of hydrogen-bond acceptors (Lipinski definition) is 5. The van der Waals surface area contributed by atoms with Gasteiger partial charge in [-0.3, -0.25) is 14.7 Å². The van der Waals surface area contributed by atoms with E-state index in [0.717, 1.165) is 11.3 Å². The molecule has 3 heterocycles. The Balaban J connectivity index is 1.93. The number of rotatable bonds is 4. The van der Waals surface area contributed by atoms with E-state index in [0.29, 0.717) is 22.8 Å². The highest BCUT2D eigenvalue weighted by molar-refractivity contribution is 6.00. The lowest BCUT2D eigenvalue weighted by Crippen LogP contribution is -2.27. The summed E-state index contributed by atoms with van der Waals surface area (Å²) < 4.78 is 7.10. The lowest BCUT2D eigenvalue weighted by Gasteiger charge is -2.25. The van der Waals surface area contributed by atoms with Crippen LogP contribution >= 0.6 is 0 Å². The first kappa shape index (κ1) is 16.8. The van der Waals surface area contributed by atoms with Gasteiger partial charge in [0.2, 0.25) is 5.91 Å². The van der Waals surface area contributed by atoms with Crippen molar-refractivity contribution in [1.82, 2.24) is 25.3 Å². The van der Waals surface area contributed by atoms with Crippen molar-refractivity contribution in [2.24, 2.45) is 0 Å². The van der Waals surface area contributed by atoms with Crippen molar-refractivity contribution in [2.75, 3.05) is 19.5 Å². The number of methoxy groups -OCH3 is 1. The van der Waals surface area contributed by atoms with E-state index in [1.165, 1.54) is 0 Å². The van der Waals surface area contributed by atoms with E-state index in [1.807, 2.05) is 30.5 Å². The van der Waals surface area contributed by atoms with Crippen LogP contribution in [0, 0.1) is 0 Å². The number of fused-ring (bicyclic) bond motifs is 1. The van der Waals surface area contributed by atoms with Gasteiger partial charge in [-0.1, -0.05) is 0 Å². The number of anilines is 1. The largest absolute Gasteiger partial charge is 0.497 e. The lowest BCUT2D eigenvalue weighted by atomic mass is 9.84. The number of benzene rings is 1. The Kier molecular flexibility index (Phi) is 4.11. The summed E-state index contributed by atoms with van der Waals surface area (Å²) in [4.78, 5) is 24.6. The van der Waals surface area contributed by atoms with Crippen LogP contribution in [0.3, 0.4) is 0 Å². The Morgan fingerprint density at radius 1 is 1.41 bits per heavy atom. The molecular weight excluding hydrogens is 348 g/mol. The van der Waals surface area contributed by atoms with Gasteiger partial charge in [-0.2, -0.15) is 10.2 Å². The van der Waals surface area contributed by atoms with E-state index in [-0.39, 0.29) is 24.2 Å². The van der Waals surface area contributed by atoms with Crippen molar-refractivity contribution in [3.63, 3.8) is 0 Å². The molecule has 138 valence electrons. The minimum Gasteiger partial charge on any atom is -0.497 e. The van der Waals surface area contributed by atoms with Crippen LogP contribution in [0.15, 0.2) is 36.7 Å². The molecule has 1 aliphatic heterocycles. The molecule has 9 nitrogen and oxygen atoms in total. The highest BCUT2D eigenvalue weighted by atomic mass is 16.5. The molecule has 0 unspecified atom stereocenters. The predicted molar refractivity (Wildman–Crippen MR) is 97.2 cm³/mol. The number of carbonyl (C=O) groups is 2. The molecule has 3 aromatic rings. The van der Waals surface area contributed by atoms with Crippen molar-refractivity contribution in [3.05, 3.63) is 53.5 Å². The van der Waals surface area contributed by atoms with Gasteiger partial charge in [0, 0.05) is 37.3 Å². The van der Waals surface area contributed by atoms with Crippen molar-refractivity contribution in [1.29, 1.82) is 0 Å². The minimum atomic E-state index is -0.380. The smallest absolute Gasteiger partial charge is 0.269 e. The second-order valence-corrected chi connectivity index (χ2v) is 6.12. The summed E-state index contributed by atoms with van der Waals surface area (Å²) in [6, 6.07) is 7.40. The van der Waals surface area contributed by atoms with E-state index in [4.69, 9.17) is 4.74 Å². The van der Waals surface area contributed by atoms with Crippen LogP contribution in [-0.2, 0) is 4.79 Å². The zero-order valence-corrected chi connectivity index (χ0v) is 14.8. The van der Waals surface area contributed by atoms with E-state index >= 15 is 0 Å². The monoisotopic (exact) mass is 366 g/mol. The first-order chi connectivity index (χ1) is 13.1. The number of ether oxygens (including phenoxy) is 1. The molecule has 0 aliphatic carbocycles. The summed E-state index contributed by atoms with van der Waals surface area (Å²) in [7, 11) is 3.13. The number of nitrogens with one attached hydrogen (secondary N) is 3. The average Bonchev–Trinajstić information content (AvgIpc) is 3.36. The highest BCUT2D eigenvalue weighted by Gasteiger charge is 2.35. The Morgan fingerprint density at radius 2 is 2.26 bits per heavy atom. The van der Waals surface area contributed by atoms with Gasteiger partial charge in [-0.05, 0) is 29.8 Å². The zero-order valence-electron chi connectivity index (χ0n) is 14.8. The third-order valence-electron chi connectivity index (χ3n) is 4.62. The number of nitrogens with zero attached hydrogens (tertiary/aromatic N) is 3. The second-order valence-electron chi connectivity index (χ2n) is 6.12. The molecule has 0 saturated heterocycles. The third-order valence-corrected chi connectivity index (χ3v) is 4.62. The number of hydrogen-bond donors (Lipinski definition) is 3. The molecule has 2 amide bonds. The fourth-order valence-corrected chi connectivity index (χ4v) is 3.38. The Morgan fingerprint density at radius 3 is 2.96 bits per heavy atom. The first-order valence-electron chi connectivity index (χ1n) is 8.40. The predicted octanol–water partition coefficient (Wildman–Crippen LogP) is 1.44. The van der Waals surface area contributed by atoms with Gasteiger partial charge in [-0.25, -0.2) is 4.68 Å². The lowest BCUT2D eigenvalue weighted by molar-refractivity contribution is -0.116. The summed E-state index contributed by atoms with van der Waals surface area (Å²) >= 11 is 0. The molecule has 0 fully saturated rings. The first-order valence-corrected chi connectivity index (χ1v) is 8.40. The molecule has 4 rings (SSSR count). The van der Waals surface area contributed by atoms with Crippen molar-refractivity contribution >= 4 is 17.6 Å². The number of amides is 2. The molecule has 9 heteroatoms. The van der Waals surface area contributed by atoms with Gasteiger partial charge in [0.1, 0.15) is 11.4 Å². The molecule has 0 spiro atoms. The number of H-pyrrole nitrogens is 1. The molecule has 0 saturated carbocycles. The quantitative estimate of drug-likeness (QED) is 0.646. The molecular formula is C18H18N6O3. The summed E-state index contributed by atoms with van der Waals surface area (Å²) in [5.41, 5.74) is 2.60. The van der Waals surface area contributed by atoms with Crippen LogP contribution in [0.5, 0.6) is 5.75 Å². The van der Waals surface area contributed by atoms with Crippen LogP contribution in [0.4, 0.5) is 5.82 Å². The Labute approximate surface area is 154 Å². The molecule has 1 atom stereocenters.